The van der Waals surface area contributed by atoms with Crippen LogP contribution in [0.2, 0.25) is 13.1 Å². The van der Waals surface area contributed by atoms with Gasteiger partial charge in [0, 0.05) is 40.6 Å². The zero-order chi connectivity index (χ0) is 27.6. The highest BCUT2D eigenvalue weighted by molar-refractivity contribution is 7.02. The van der Waals surface area contributed by atoms with E-state index in [0.29, 0.717) is 0 Å². The fourth-order valence-electron chi connectivity index (χ4n) is 6.29. The topological polar surface area (TPSA) is 42.2 Å². The number of pyridine rings is 2. The van der Waals surface area contributed by atoms with E-state index < -0.39 is 8.07 Å². The average molecular weight is 546 g/mol. The molecule has 0 bridgehead atoms. The third-order valence-corrected chi connectivity index (χ3v) is 11.9. The molecule has 4 aromatic carbocycles. The van der Waals surface area contributed by atoms with Crippen molar-refractivity contribution in [2.75, 3.05) is 4.90 Å². The lowest BCUT2D eigenvalue weighted by Gasteiger charge is -2.39. The fraction of sp³-hybridized carbons (Fsp3) is 0.0556. The maximum absolute atomic E-state index is 6.33. The van der Waals surface area contributed by atoms with Crippen molar-refractivity contribution in [3.05, 3.63) is 128 Å². The molecule has 5 heteroatoms. The van der Waals surface area contributed by atoms with Gasteiger partial charge >= 0.3 is 0 Å². The number of furan rings is 1. The molecule has 0 N–H and O–H groups in total. The smallest absolute Gasteiger partial charge is 0.143 e. The van der Waals surface area contributed by atoms with Crippen LogP contribution in [0.4, 0.5) is 17.2 Å². The van der Waals surface area contributed by atoms with E-state index in [9.17, 15) is 0 Å². The molecule has 1 aliphatic heterocycles. The molecule has 0 fully saturated rings. The normalized spacial score (nSPS) is 13.8. The van der Waals surface area contributed by atoms with Crippen LogP contribution in [0.5, 0.6) is 0 Å². The first kappa shape index (κ1) is 23.8. The van der Waals surface area contributed by atoms with Gasteiger partial charge in [0.05, 0.1) is 5.69 Å². The Labute approximate surface area is 239 Å². The van der Waals surface area contributed by atoms with Gasteiger partial charge in [0.15, 0.2) is 0 Å². The van der Waals surface area contributed by atoms with Crippen molar-refractivity contribution in [2.24, 2.45) is 0 Å². The van der Waals surface area contributed by atoms with Gasteiger partial charge in [0.1, 0.15) is 25.1 Å². The Morgan fingerprint density at radius 3 is 2.37 bits per heavy atom. The minimum absolute atomic E-state index is 0.916. The van der Waals surface area contributed by atoms with Crippen molar-refractivity contribution >= 4 is 57.6 Å². The minimum Gasteiger partial charge on any atom is -0.455 e. The predicted octanol–water partition coefficient (Wildman–Crippen LogP) is 8.32. The van der Waals surface area contributed by atoms with Gasteiger partial charge in [-0.05, 0) is 63.5 Å². The molecule has 0 atom stereocenters. The molecule has 7 aromatic rings. The quantitative estimate of drug-likeness (QED) is 0.209. The highest BCUT2D eigenvalue weighted by Gasteiger charge is 2.39. The largest absolute Gasteiger partial charge is 0.455 e. The van der Waals surface area contributed by atoms with E-state index in [1.54, 1.807) is 0 Å². The van der Waals surface area contributed by atoms with Gasteiger partial charge in [-0.3, -0.25) is 9.88 Å². The van der Waals surface area contributed by atoms with E-state index in [1.165, 1.54) is 16.1 Å². The standard InChI is InChI=1S/C36H27N3OSi/c1-41(2)33-14-7-20-38-36(33)39(31-19-21-37-23-34(31)41)27-17-15-24(16-18-27)25-8-5-9-26(22-25)28-11-6-12-30-29-10-3-4-13-32(29)40-35(28)30/h3-23H,1-2H3. The Hall–Kier alpha value is -5.00. The van der Waals surface area contributed by atoms with Crippen LogP contribution in [0.3, 0.4) is 0 Å². The summed E-state index contributed by atoms with van der Waals surface area (Å²) in [4.78, 5) is 11.6. The Balaban J connectivity index is 1.20. The number of benzene rings is 4. The molecule has 41 heavy (non-hydrogen) atoms. The van der Waals surface area contributed by atoms with Gasteiger partial charge in [0.2, 0.25) is 0 Å². The third kappa shape index (κ3) is 3.66. The number of hydrogen-bond donors (Lipinski definition) is 0. The monoisotopic (exact) mass is 545 g/mol. The number of aromatic nitrogens is 2. The van der Waals surface area contributed by atoms with Gasteiger partial charge in [-0.1, -0.05) is 85.9 Å². The van der Waals surface area contributed by atoms with Crippen LogP contribution in [0.1, 0.15) is 0 Å². The summed E-state index contributed by atoms with van der Waals surface area (Å²) in [6, 6.07) is 38.6. The molecule has 0 amide bonds. The number of fused-ring (bicyclic) bond motifs is 5. The summed E-state index contributed by atoms with van der Waals surface area (Å²) in [6.45, 7) is 4.76. The number of hydrogen-bond acceptors (Lipinski definition) is 4. The van der Waals surface area contributed by atoms with Crippen molar-refractivity contribution in [3.63, 3.8) is 0 Å². The van der Waals surface area contributed by atoms with E-state index in [4.69, 9.17) is 9.40 Å². The summed E-state index contributed by atoms with van der Waals surface area (Å²) in [5.41, 5.74) is 8.68. The second-order valence-corrected chi connectivity index (χ2v) is 15.5. The Morgan fingerprint density at radius 1 is 0.659 bits per heavy atom. The lowest BCUT2D eigenvalue weighted by Crippen LogP contribution is -2.58. The molecular weight excluding hydrogens is 519 g/mol. The van der Waals surface area contributed by atoms with E-state index >= 15 is 0 Å². The first-order valence-corrected chi connectivity index (χ1v) is 16.9. The molecule has 3 aromatic heterocycles. The van der Waals surface area contributed by atoms with Crippen molar-refractivity contribution in [1.29, 1.82) is 0 Å². The zero-order valence-electron chi connectivity index (χ0n) is 22.9. The first-order valence-electron chi connectivity index (χ1n) is 13.9. The summed E-state index contributed by atoms with van der Waals surface area (Å²) >= 11 is 0. The fourth-order valence-corrected chi connectivity index (χ4v) is 9.06. The van der Waals surface area contributed by atoms with Gasteiger partial charge in [-0.2, -0.15) is 0 Å². The van der Waals surface area contributed by atoms with Crippen LogP contribution in [-0.4, -0.2) is 18.0 Å². The molecule has 4 heterocycles. The predicted molar refractivity (Wildman–Crippen MR) is 172 cm³/mol. The van der Waals surface area contributed by atoms with Crippen LogP contribution in [-0.2, 0) is 0 Å². The molecule has 4 nitrogen and oxygen atoms in total. The van der Waals surface area contributed by atoms with Crippen LogP contribution < -0.4 is 15.3 Å². The first-order chi connectivity index (χ1) is 20.1. The van der Waals surface area contributed by atoms with E-state index in [1.807, 2.05) is 30.7 Å². The van der Waals surface area contributed by atoms with Gasteiger partial charge < -0.3 is 4.42 Å². The van der Waals surface area contributed by atoms with Gasteiger partial charge in [-0.15, -0.1) is 0 Å². The maximum Gasteiger partial charge on any atom is 0.143 e. The number of para-hydroxylation sites is 2. The summed E-state index contributed by atoms with van der Waals surface area (Å²) < 4.78 is 6.33. The van der Waals surface area contributed by atoms with Crippen LogP contribution >= 0.6 is 0 Å². The lowest BCUT2D eigenvalue weighted by atomic mass is 9.97. The lowest BCUT2D eigenvalue weighted by molar-refractivity contribution is 0.670. The number of rotatable bonds is 3. The molecule has 0 spiro atoms. The molecule has 196 valence electrons. The summed E-state index contributed by atoms with van der Waals surface area (Å²) in [5.74, 6) is 1.02. The molecule has 8 rings (SSSR count). The molecule has 0 radical (unpaired) electrons. The Kier molecular flexibility index (Phi) is 5.24. The van der Waals surface area contributed by atoms with Crippen LogP contribution in [0.25, 0.3) is 44.2 Å². The van der Waals surface area contributed by atoms with Crippen molar-refractivity contribution in [2.45, 2.75) is 13.1 Å². The minimum atomic E-state index is -1.91. The summed E-state index contributed by atoms with van der Waals surface area (Å²) in [5, 5.41) is 4.95. The average Bonchev–Trinajstić information content (AvgIpc) is 3.41. The van der Waals surface area contributed by atoms with Gasteiger partial charge in [0.25, 0.3) is 0 Å². The Bertz CT molecular complexity index is 2050. The maximum atomic E-state index is 6.33. The third-order valence-electron chi connectivity index (χ3n) is 8.42. The van der Waals surface area contributed by atoms with Crippen LogP contribution in [0, 0.1) is 0 Å². The van der Waals surface area contributed by atoms with E-state index in [-0.39, 0.29) is 0 Å². The second kappa shape index (κ2) is 9.01. The van der Waals surface area contributed by atoms with E-state index in [0.717, 1.165) is 55.7 Å². The van der Waals surface area contributed by atoms with Crippen LogP contribution in [0.15, 0.2) is 132 Å². The molecule has 0 unspecified atom stereocenters. The second-order valence-electron chi connectivity index (χ2n) is 11.1. The number of nitrogens with zero attached hydrogens (tertiary/aromatic N) is 3. The molecular formula is C36H27N3OSi. The molecule has 0 aliphatic carbocycles. The molecule has 0 saturated carbocycles. The Morgan fingerprint density at radius 2 is 1.46 bits per heavy atom. The van der Waals surface area contributed by atoms with Crippen molar-refractivity contribution in [3.8, 4) is 22.3 Å². The number of anilines is 3. The van der Waals surface area contributed by atoms with Crippen molar-refractivity contribution in [1.82, 2.24) is 9.97 Å². The molecule has 0 saturated heterocycles. The summed E-state index contributed by atoms with van der Waals surface area (Å²) in [7, 11) is -1.91. The highest BCUT2D eigenvalue weighted by atomic mass is 28.3. The van der Waals surface area contributed by atoms with E-state index in [2.05, 4.69) is 120 Å². The SMILES string of the molecule is C[Si]1(C)c2cnccc2N(c2ccc(-c3cccc(-c4cccc5c4oc4ccccc45)c3)cc2)c2ncccc21. The van der Waals surface area contributed by atoms with Gasteiger partial charge in [-0.25, -0.2) is 4.98 Å². The zero-order valence-corrected chi connectivity index (χ0v) is 23.9. The highest BCUT2D eigenvalue weighted by Crippen LogP contribution is 2.39. The van der Waals surface area contributed by atoms with Crippen molar-refractivity contribution < 1.29 is 4.42 Å². The molecule has 1 aliphatic rings. The summed E-state index contributed by atoms with van der Waals surface area (Å²) in [6.07, 6.45) is 5.82.